The fourth-order valence-corrected chi connectivity index (χ4v) is 2.15. The lowest BCUT2D eigenvalue weighted by molar-refractivity contribution is 0.472. The van der Waals surface area contributed by atoms with Crippen molar-refractivity contribution in [2.75, 3.05) is 0 Å². The van der Waals surface area contributed by atoms with E-state index >= 15 is 0 Å². The van der Waals surface area contributed by atoms with Gasteiger partial charge in [0.1, 0.15) is 5.75 Å². The molecule has 0 aliphatic carbocycles. The fourth-order valence-electron chi connectivity index (χ4n) is 2.15. The highest BCUT2D eigenvalue weighted by molar-refractivity contribution is 6.00. The highest BCUT2D eigenvalue weighted by Crippen LogP contribution is 2.29. The monoisotopic (exact) mass is 208 g/mol. The lowest BCUT2D eigenvalue weighted by Crippen LogP contribution is -1.81. The van der Waals surface area contributed by atoms with Crippen LogP contribution in [0.5, 0.6) is 5.75 Å². The third kappa shape index (κ3) is 1.25. The number of fused-ring (bicyclic) bond motifs is 2. The number of rotatable bonds is 0. The lowest BCUT2D eigenvalue weighted by Gasteiger charge is -2.06. The van der Waals surface area contributed by atoms with Crippen molar-refractivity contribution >= 4 is 21.5 Å². The van der Waals surface area contributed by atoms with Crippen molar-refractivity contribution in [2.45, 2.75) is 6.92 Å². The molecule has 0 aliphatic heterocycles. The van der Waals surface area contributed by atoms with Crippen LogP contribution in [-0.2, 0) is 0 Å². The van der Waals surface area contributed by atoms with Gasteiger partial charge in [0.25, 0.3) is 0 Å². The normalized spacial score (nSPS) is 11.1. The highest BCUT2D eigenvalue weighted by Gasteiger charge is 2.03. The first-order chi connectivity index (χ1) is 7.75. The summed E-state index contributed by atoms with van der Waals surface area (Å²) < 4.78 is 0. The molecule has 3 aromatic carbocycles. The van der Waals surface area contributed by atoms with Crippen LogP contribution in [0.15, 0.2) is 48.5 Å². The Morgan fingerprint density at radius 1 is 0.812 bits per heavy atom. The van der Waals surface area contributed by atoms with E-state index < -0.39 is 0 Å². The Hall–Kier alpha value is -2.02. The van der Waals surface area contributed by atoms with E-state index in [1.165, 1.54) is 16.2 Å². The molecular formula is C15H12O. The molecule has 0 spiro atoms. The average molecular weight is 208 g/mol. The minimum atomic E-state index is 0.364. The van der Waals surface area contributed by atoms with Crippen LogP contribution < -0.4 is 0 Å². The smallest absolute Gasteiger partial charge is 0.119 e. The third-order valence-corrected chi connectivity index (χ3v) is 3.13. The Balaban J connectivity index is 2.51. The molecule has 3 aromatic rings. The Bertz CT molecular complexity index is 683. The molecule has 0 fully saturated rings. The number of phenols is 1. The molecular weight excluding hydrogens is 196 g/mol. The second kappa shape index (κ2) is 3.24. The molecule has 0 bridgehead atoms. The first-order valence-electron chi connectivity index (χ1n) is 5.37. The van der Waals surface area contributed by atoms with E-state index in [0.717, 1.165) is 10.9 Å². The van der Waals surface area contributed by atoms with E-state index in [9.17, 15) is 5.11 Å². The van der Waals surface area contributed by atoms with Crippen LogP contribution >= 0.6 is 0 Å². The second-order valence-electron chi connectivity index (χ2n) is 4.13. The minimum Gasteiger partial charge on any atom is -0.508 e. The van der Waals surface area contributed by atoms with Crippen molar-refractivity contribution in [3.8, 4) is 5.75 Å². The molecule has 78 valence electrons. The number of benzene rings is 3. The molecule has 0 saturated carbocycles. The number of hydrogen-bond donors (Lipinski definition) is 1. The van der Waals surface area contributed by atoms with Crippen molar-refractivity contribution in [3.05, 3.63) is 54.1 Å². The van der Waals surface area contributed by atoms with Crippen molar-refractivity contribution in [2.24, 2.45) is 0 Å². The number of aryl methyl sites for hydroxylation is 1. The Morgan fingerprint density at radius 2 is 1.50 bits per heavy atom. The molecule has 0 aromatic heterocycles. The first kappa shape index (κ1) is 9.22. The van der Waals surface area contributed by atoms with Crippen molar-refractivity contribution in [3.63, 3.8) is 0 Å². The molecule has 0 heterocycles. The zero-order chi connectivity index (χ0) is 11.1. The third-order valence-electron chi connectivity index (χ3n) is 3.13. The van der Waals surface area contributed by atoms with Gasteiger partial charge in [0.05, 0.1) is 0 Å². The fraction of sp³-hybridized carbons (Fsp3) is 0.0667. The van der Waals surface area contributed by atoms with E-state index in [2.05, 4.69) is 24.3 Å². The van der Waals surface area contributed by atoms with Gasteiger partial charge in [-0.15, -0.1) is 0 Å². The molecule has 1 N–H and O–H groups in total. The summed E-state index contributed by atoms with van der Waals surface area (Å²) in [5.41, 5.74) is 0.947. The lowest BCUT2D eigenvalue weighted by atomic mass is 10.00. The number of aromatic hydroxyl groups is 1. The van der Waals surface area contributed by atoms with Gasteiger partial charge < -0.3 is 5.11 Å². The largest absolute Gasteiger partial charge is 0.508 e. The van der Waals surface area contributed by atoms with Crippen LogP contribution in [0.2, 0.25) is 0 Å². The van der Waals surface area contributed by atoms with E-state index in [-0.39, 0.29) is 0 Å². The second-order valence-corrected chi connectivity index (χ2v) is 4.13. The van der Waals surface area contributed by atoms with Gasteiger partial charge in [-0.25, -0.2) is 0 Å². The Labute approximate surface area is 94.0 Å². The van der Waals surface area contributed by atoms with Crippen LogP contribution in [0.4, 0.5) is 0 Å². The molecule has 0 aliphatic rings. The molecule has 0 saturated heterocycles. The van der Waals surface area contributed by atoms with Crippen molar-refractivity contribution in [1.29, 1.82) is 0 Å². The summed E-state index contributed by atoms with van der Waals surface area (Å²) >= 11 is 0. The average Bonchev–Trinajstić information content (AvgIpc) is 2.32. The molecule has 1 nitrogen and oxygen atoms in total. The Morgan fingerprint density at radius 3 is 2.25 bits per heavy atom. The van der Waals surface area contributed by atoms with Gasteiger partial charge in [0.15, 0.2) is 0 Å². The van der Waals surface area contributed by atoms with Crippen molar-refractivity contribution in [1.82, 2.24) is 0 Å². The predicted molar refractivity (Wildman–Crippen MR) is 67.9 cm³/mol. The van der Waals surface area contributed by atoms with E-state index in [4.69, 9.17) is 0 Å². The van der Waals surface area contributed by atoms with Crippen molar-refractivity contribution < 1.29 is 5.11 Å². The highest BCUT2D eigenvalue weighted by atomic mass is 16.3. The summed E-state index contributed by atoms with van der Waals surface area (Å²) in [5.74, 6) is 0.364. The van der Waals surface area contributed by atoms with Gasteiger partial charge in [-0.3, -0.25) is 0 Å². The summed E-state index contributed by atoms with van der Waals surface area (Å²) in [6, 6.07) is 16.3. The maximum absolute atomic E-state index is 9.69. The van der Waals surface area contributed by atoms with Gasteiger partial charge in [-0.2, -0.15) is 0 Å². The van der Waals surface area contributed by atoms with Crippen LogP contribution in [0, 0.1) is 6.92 Å². The number of hydrogen-bond acceptors (Lipinski definition) is 1. The molecule has 0 atom stereocenters. The molecule has 1 heteroatoms. The van der Waals surface area contributed by atoms with E-state index in [1.54, 1.807) is 6.07 Å². The van der Waals surface area contributed by atoms with Gasteiger partial charge >= 0.3 is 0 Å². The standard InChI is InChI=1S/C15H12O/c1-10-14-9-12-5-3-2-4-11(12)8-13(14)6-7-15(10)16/h2-9,16H,1H3. The molecule has 3 rings (SSSR count). The summed E-state index contributed by atoms with van der Waals surface area (Å²) in [7, 11) is 0. The van der Waals surface area contributed by atoms with Gasteiger partial charge in [0, 0.05) is 0 Å². The molecule has 0 amide bonds. The summed E-state index contributed by atoms with van der Waals surface area (Å²) in [6.07, 6.45) is 0. The SMILES string of the molecule is Cc1c(O)ccc2cc3ccccc3cc12. The van der Waals surface area contributed by atoms with Crippen LogP contribution in [-0.4, -0.2) is 5.11 Å². The molecule has 0 unspecified atom stereocenters. The van der Waals surface area contributed by atoms with Crippen LogP contribution in [0.1, 0.15) is 5.56 Å². The molecule has 0 radical (unpaired) electrons. The zero-order valence-corrected chi connectivity index (χ0v) is 9.07. The van der Waals surface area contributed by atoms with Crippen LogP contribution in [0.25, 0.3) is 21.5 Å². The topological polar surface area (TPSA) is 20.2 Å². The molecule has 16 heavy (non-hydrogen) atoms. The Kier molecular flexibility index (Phi) is 1.87. The summed E-state index contributed by atoms with van der Waals surface area (Å²) in [4.78, 5) is 0. The maximum Gasteiger partial charge on any atom is 0.119 e. The van der Waals surface area contributed by atoms with Gasteiger partial charge in [-0.05, 0) is 52.2 Å². The zero-order valence-electron chi connectivity index (χ0n) is 9.07. The summed E-state index contributed by atoms with van der Waals surface area (Å²) in [6.45, 7) is 1.95. The van der Waals surface area contributed by atoms with Gasteiger partial charge in [0.2, 0.25) is 0 Å². The quantitative estimate of drug-likeness (QED) is 0.553. The van der Waals surface area contributed by atoms with E-state index in [1.807, 2.05) is 25.1 Å². The number of phenolic OH excluding ortho intramolecular Hbond substituents is 1. The predicted octanol–water partition coefficient (Wildman–Crippen LogP) is 4.01. The first-order valence-corrected chi connectivity index (χ1v) is 5.37. The van der Waals surface area contributed by atoms with E-state index in [0.29, 0.717) is 5.75 Å². The minimum absolute atomic E-state index is 0.364. The van der Waals surface area contributed by atoms with Crippen LogP contribution in [0.3, 0.4) is 0 Å². The summed E-state index contributed by atoms with van der Waals surface area (Å²) in [5, 5.41) is 14.4. The maximum atomic E-state index is 9.69. The van der Waals surface area contributed by atoms with Gasteiger partial charge in [-0.1, -0.05) is 30.3 Å².